The molecule has 2 aromatic rings. The van der Waals surface area contributed by atoms with Crippen LogP contribution in [0.5, 0.6) is 5.75 Å². The van der Waals surface area contributed by atoms with Crippen LogP contribution in [0.2, 0.25) is 5.02 Å². The Morgan fingerprint density at radius 2 is 1.85 bits per heavy atom. The minimum absolute atomic E-state index is 0.112. The smallest absolute Gasteiger partial charge is 0.255 e. The summed E-state index contributed by atoms with van der Waals surface area (Å²) in [6.07, 6.45) is 0.112. The first-order valence-electron chi connectivity index (χ1n) is 6.38. The number of benzene rings is 2. The third-order valence-corrected chi connectivity index (χ3v) is 2.81. The van der Waals surface area contributed by atoms with Crippen molar-refractivity contribution in [3.63, 3.8) is 0 Å². The highest BCUT2D eigenvalue weighted by Gasteiger charge is 2.07. The van der Waals surface area contributed by atoms with E-state index in [2.05, 4.69) is 5.32 Å². The SMILES string of the molecule is CC(C)Oc1ccc(C(=O)Nc2cccc(Cl)c2)cc1. The highest BCUT2D eigenvalue weighted by molar-refractivity contribution is 6.30. The summed E-state index contributed by atoms with van der Waals surface area (Å²) in [5.74, 6) is 0.572. The molecule has 0 bridgehead atoms. The van der Waals surface area contributed by atoms with Gasteiger partial charge in [0.25, 0.3) is 5.91 Å². The van der Waals surface area contributed by atoms with Crippen LogP contribution < -0.4 is 10.1 Å². The number of hydrogen-bond acceptors (Lipinski definition) is 2. The number of halogens is 1. The molecule has 0 spiro atoms. The monoisotopic (exact) mass is 289 g/mol. The van der Waals surface area contributed by atoms with Gasteiger partial charge in [-0.15, -0.1) is 0 Å². The molecule has 0 saturated carbocycles. The van der Waals surface area contributed by atoms with E-state index in [4.69, 9.17) is 16.3 Å². The molecule has 20 heavy (non-hydrogen) atoms. The van der Waals surface area contributed by atoms with Crippen molar-refractivity contribution in [2.75, 3.05) is 5.32 Å². The van der Waals surface area contributed by atoms with E-state index in [-0.39, 0.29) is 12.0 Å². The Morgan fingerprint density at radius 1 is 1.15 bits per heavy atom. The van der Waals surface area contributed by atoms with Gasteiger partial charge in [0, 0.05) is 16.3 Å². The van der Waals surface area contributed by atoms with Gasteiger partial charge < -0.3 is 10.1 Å². The Balaban J connectivity index is 2.06. The van der Waals surface area contributed by atoms with Gasteiger partial charge in [0.05, 0.1) is 6.10 Å². The molecule has 0 aliphatic rings. The number of ether oxygens (including phenoxy) is 1. The van der Waals surface area contributed by atoms with E-state index in [0.717, 1.165) is 5.75 Å². The van der Waals surface area contributed by atoms with Gasteiger partial charge in [-0.25, -0.2) is 0 Å². The Labute approximate surface area is 123 Å². The van der Waals surface area contributed by atoms with Crippen LogP contribution in [0.4, 0.5) is 5.69 Å². The van der Waals surface area contributed by atoms with Crippen LogP contribution in [0, 0.1) is 0 Å². The minimum atomic E-state index is -0.177. The summed E-state index contributed by atoms with van der Waals surface area (Å²) in [4.78, 5) is 12.1. The molecular weight excluding hydrogens is 274 g/mol. The van der Waals surface area contributed by atoms with Crippen molar-refractivity contribution in [1.29, 1.82) is 0 Å². The second-order valence-corrected chi connectivity index (χ2v) is 5.09. The molecule has 4 heteroatoms. The topological polar surface area (TPSA) is 38.3 Å². The minimum Gasteiger partial charge on any atom is -0.491 e. The van der Waals surface area contributed by atoms with Gasteiger partial charge >= 0.3 is 0 Å². The van der Waals surface area contributed by atoms with Crippen LogP contribution in [0.3, 0.4) is 0 Å². The molecule has 104 valence electrons. The zero-order valence-corrected chi connectivity index (χ0v) is 12.1. The third-order valence-electron chi connectivity index (χ3n) is 2.57. The van der Waals surface area contributed by atoms with E-state index < -0.39 is 0 Å². The van der Waals surface area contributed by atoms with E-state index in [9.17, 15) is 4.79 Å². The highest BCUT2D eigenvalue weighted by atomic mass is 35.5. The molecule has 1 amide bonds. The number of amides is 1. The average Bonchev–Trinajstić information content (AvgIpc) is 2.38. The first-order valence-corrected chi connectivity index (χ1v) is 6.76. The Kier molecular flexibility index (Phi) is 4.64. The largest absolute Gasteiger partial charge is 0.491 e. The summed E-state index contributed by atoms with van der Waals surface area (Å²) >= 11 is 5.88. The van der Waals surface area contributed by atoms with Crippen LogP contribution in [0.1, 0.15) is 24.2 Å². The molecule has 0 fully saturated rings. The normalized spacial score (nSPS) is 10.4. The Hall–Kier alpha value is -2.00. The molecule has 0 aromatic heterocycles. The van der Waals surface area contributed by atoms with Crippen LogP contribution in [0.25, 0.3) is 0 Å². The van der Waals surface area contributed by atoms with Gasteiger partial charge in [-0.1, -0.05) is 17.7 Å². The van der Waals surface area contributed by atoms with E-state index in [1.54, 1.807) is 48.5 Å². The first-order chi connectivity index (χ1) is 9.54. The molecule has 2 aromatic carbocycles. The van der Waals surface area contributed by atoms with E-state index in [0.29, 0.717) is 16.3 Å². The second kappa shape index (κ2) is 6.44. The fraction of sp³-hybridized carbons (Fsp3) is 0.188. The summed E-state index contributed by atoms with van der Waals surface area (Å²) in [6.45, 7) is 3.92. The third kappa shape index (κ3) is 4.00. The lowest BCUT2D eigenvalue weighted by Gasteiger charge is -2.10. The maximum Gasteiger partial charge on any atom is 0.255 e. The Bertz CT molecular complexity index is 594. The van der Waals surface area contributed by atoms with Crippen molar-refractivity contribution < 1.29 is 9.53 Å². The summed E-state index contributed by atoms with van der Waals surface area (Å²) in [5.41, 5.74) is 1.24. The molecule has 2 rings (SSSR count). The van der Waals surface area contributed by atoms with E-state index >= 15 is 0 Å². The maximum atomic E-state index is 12.1. The molecule has 0 saturated heterocycles. The maximum absolute atomic E-state index is 12.1. The van der Waals surface area contributed by atoms with Crippen LogP contribution in [-0.4, -0.2) is 12.0 Å². The number of hydrogen-bond donors (Lipinski definition) is 1. The van der Waals surface area contributed by atoms with Crippen LogP contribution in [0.15, 0.2) is 48.5 Å². The van der Waals surface area contributed by atoms with Crippen molar-refractivity contribution in [3.05, 3.63) is 59.1 Å². The van der Waals surface area contributed by atoms with Crippen molar-refractivity contribution in [1.82, 2.24) is 0 Å². The number of carbonyl (C=O) groups excluding carboxylic acids is 1. The number of carbonyl (C=O) groups is 1. The predicted octanol–water partition coefficient (Wildman–Crippen LogP) is 4.38. The molecule has 0 radical (unpaired) electrons. The van der Waals surface area contributed by atoms with E-state index in [1.807, 2.05) is 13.8 Å². The fourth-order valence-electron chi connectivity index (χ4n) is 1.73. The van der Waals surface area contributed by atoms with Crippen molar-refractivity contribution in [2.24, 2.45) is 0 Å². The summed E-state index contributed by atoms with van der Waals surface area (Å²) in [5, 5.41) is 3.38. The number of anilines is 1. The molecule has 0 aliphatic heterocycles. The van der Waals surface area contributed by atoms with Crippen LogP contribution >= 0.6 is 11.6 Å². The van der Waals surface area contributed by atoms with Crippen molar-refractivity contribution in [3.8, 4) is 5.75 Å². The second-order valence-electron chi connectivity index (χ2n) is 4.66. The highest BCUT2D eigenvalue weighted by Crippen LogP contribution is 2.17. The molecule has 1 N–H and O–H groups in total. The predicted molar refractivity (Wildman–Crippen MR) is 81.6 cm³/mol. The van der Waals surface area contributed by atoms with Gasteiger partial charge in [-0.3, -0.25) is 4.79 Å². The Morgan fingerprint density at radius 3 is 2.45 bits per heavy atom. The number of nitrogens with one attached hydrogen (secondary N) is 1. The zero-order valence-electron chi connectivity index (χ0n) is 11.4. The van der Waals surface area contributed by atoms with Gasteiger partial charge in [0.2, 0.25) is 0 Å². The lowest BCUT2D eigenvalue weighted by Crippen LogP contribution is -2.12. The summed E-state index contributed by atoms with van der Waals surface area (Å²) < 4.78 is 5.53. The molecule has 0 unspecified atom stereocenters. The van der Waals surface area contributed by atoms with Gasteiger partial charge in [-0.05, 0) is 56.3 Å². The molecule has 0 aliphatic carbocycles. The van der Waals surface area contributed by atoms with Crippen molar-refractivity contribution >= 4 is 23.2 Å². The van der Waals surface area contributed by atoms with Gasteiger partial charge in [-0.2, -0.15) is 0 Å². The average molecular weight is 290 g/mol. The summed E-state index contributed by atoms with van der Waals surface area (Å²) in [6, 6.07) is 14.1. The lowest BCUT2D eigenvalue weighted by molar-refractivity contribution is 0.102. The van der Waals surface area contributed by atoms with Gasteiger partial charge in [0.15, 0.2) is 0 Å². The molecular formula is C16H16ClNO2. The zero-order chi connectivity index (χ0) is 14.5. The van der Waals surface area contributed by atoms with Crippen LogP contribution in [-0.2, 0) is 0 Å². The standard InChI is InChI=1S/C16H16ClNO2/c1-11(2)20-15-8-6-12(7-9-15)16(19)18-14-5-3-4-13(17)10-14/h3-11H,1-2H3,(H,18,19). The lowest BCUT2D eigenvalue weighted by atomic mass is 10.2. The quantitative estimate of drug-likeness (QED) is 0.907. The van der Waals surface area contributed by atoms with Gasteiger partial charge in [0.1, 0.15) is 5.75 Å². The molecule has 3 nitrogen and oxygen atoms in total. The first kappa shape index (κ1) is 14.4. The molecule has 0 heterocycles. The summed E-state index contributed by atoms with van der Waals surface area (Å²) in [7, 11) is 0. The molecule has 0 atom stereocenters. The van der Waals surface area contributed by atoms with Crippen molar-refractivity contribution in [2.45, 2.75) is 20.0 Å². The number of rotatable bonds is 4. The fourth-order valence-corrected chi connectivity index (χ4v) is 1.92. The van der Waals surface area contributed by atoms with E-state index in [1.165, 1.54) is 0 Å².